The number of hydrogen-bond acceptors (Lipinski definition) is 5. The van der Waals surface area contributed by atoms with Gasteiger partial charge in [0.1, 0.15) is 0 Å². The fraction of sp³-hybridized carbons (Fsp3) is 0.207. The molecule has 4 aromatic rings. The zero-order valence-electron chi connectivity index (χ0n) is 21.8. The van der Waals surface area contributed by atoms with Gasteiger partial charge in [-0.2, -0.15) is 5.10 Å². The summed E-state index contributed by atoms with van der Waals surface area (Å²) in [5.41, 5.74) is 3.32. The summed E-state index contributed by atoms with van der Waals surface area (Å²) in [7, 11) is 0. The van der Waals surface area contributed by atoms with Crippen LogP contribution >= 0.6 is 11.6 Å². The number of anilines is 1. The summed E-state index contributed by atoms with van der Waals surface area (Å²) in [5.74, 6) is -0.598. The number of rotatable bonds is 6. The number of nitrogens with zero attached hydrogens (tertiary/aromatic N) is 5. The van der Waals surface area contributed by atoms with Crippen molar-refractivity contribution < 1.29 is 14.4 Å². The van der Waals surface area contributed by atoms with E-state index in [0.717, 1.165) is 16.9 Å². The van der Waals surface area contributed by atoms with Gasteiger partial charge < -0.3 is 20.4 Å². The van der Waals surface area contributed by atoms with Crippen LogP contribution in [0, 0.1) is 0 Å². The number of urea groups is 1. The van der Waals surface area contributed by atoms with Crippen LogP contribution in [-0.2, 0) is 17.9 Å². The number of aromatic nitrogens is 3. The van der Waals surface area contributed by atoms with Gasteiger partial charge in [0.15, 0.2) is 0 Å². The second-order valence-corrected chi connectivity index (χ2v) is 9.80. The molecule has 0 saturated heterocycles. The van der Waals surface area contributed by atoms with E-state index in [9.17, 15) is 14.4 Å². The van der Waals surface area contributed by atoms with Crippen molar-refractivity contribution in [2.75, 3.05) is 18.0 Å². The first kappa shape index (κ1) is 26.9. The number of carbonyl (C=O) groups excluding carboxylic acids is 3. The summed E-state index contributed by atoms with van der Waals surface area (Å²) in [6.07, 6.45) is 5.11. The third kappa shape index (κ3) is 5.97. The van der Waals surface area contributed by atoms with Gasteiger partial charge in [-0.25, -0.2) is 9.48 Å². The lowest BCUT2D eigenvalue weighted by molar-refractivity contribution is -0.120. The summed E-state index contributed by atoms with van der Waals surface area (Å²) in [6.45, 7) is 2.47. The molecule has 1 aliphatic heterocycles. The van der Waals surface area contributed by atoms with E-state index in [0.29, 0.717) is 16.3 Å². The molecular formula is C29H28ClN7O3. The Kier molecular flexibility index (Phi) is 8.07. The van der Waals surface area contributed by atoms with Crippen molar-refractivity contribution in [2.45, 2.75) is 26.1 Å². The average Bonchev–Trinajstić information content (AvgIpc) is 3.47. The maximum atomic E-state index is 13.8. The highest BCUT2D eigenvalue weighted by Gasteiger charge is 2.32. The molecule has 3 heterocycles. The van der Waals surface area contributed by atoms with Crippen molar-refractivity contribution in [1.82, 2.24) is 30.3 Å². The molecule has 0 spiro atoms. The quantitative estimate of drug-likeness (QED) is 0.374. The number of fused-ring (bicyclic) bond motifs is 1. The zero-order chi connectivity index (χ0) is 28.1. The van der Waals surface area contributed by atoms with Gasteiger partial charge in [-0.1, -0.05) is 35.9 Å². The molecule has 0 aliphatic carbocycles. The third-order valence-electron chi connectivity index (χ3n) is 6.65. The Hall–Kier alpha value is -4.70. The molecule has 204 valence electrons. The van der Waals surface area contributed by atoms with E-state index < -0.39 is 6.03 Å². The molecule has 1 aliphatic rings. The van der Waals surface area contributed by atoms with E-state index in [1.165, 1.54) is 0 Å². The van der Waals surface area contributed by atoms with Crippen LogP contribution in [0.3, 0.4) is 0 Å². The molecule has 1 atom stereocenters. The Morgan fingerprint density at radius 3 is 2.58 bits per heavy atom. The van der Waals surface area contributed by atoms with E-state index >= 15 is 0 Å². The number of nitrogens with one attached hydrogen (secondary N) is 2. The normalized spacial score (nSPS) is 14.7. The smallest absolute Gasteiger partial charge is 0.318 e. The topological polar surface area (TPSA) is 112 Å². The number of amides is 4. The van der Waals surface area contributed by atoms with Crippen molar-refractivity contribution in [1.29, 1.82) is 0 Å². The fourth-order valence-corrected chi connectivity index (χ4v) is 4.83. The van der Waals surface area contributed by atoms with Crippen molar-refractivity contribution in [3.05, 3.63) is 107 Å². The van der Waals surface area contributed by atoms with Gasteiger partial charge in [0.25, 0.3) is 5.91 Å². The van der Waals surface area contributed by atoms with Gasteiger partial charge in [0.05, 0.1) is 35.1 Å². The summed E-state index contributed by atoms with van der Waals surface area (Å²) >= 11 is 6.57. The molecule has 2 N–H and O–H groups in total. The van der Waals surface area contributed by atoms with E-state index in [1.54, 1.807) is 63.4 Å². The molecule has 2 aromatic carbocycles. The molecule has 2 aromatic heterocycles. The minimum absolute atomic E-state index is 0.183. The van der Waals surface area contributed by atoms with Gasteiger partial charge in [0, 0.05) is 43.4 Å². The highest BCUT2D eigenvalue weighted by Crippen LogP contribution is 2.30. The molecular weight excluding hydrogens is 530 g/mol. The molecule has 0 radical (unpaired) electrons. The van der Waals surface area contributed by atoms with Crippen molar-refractivity contribution in [3.63, 3.8) is 0 Å². The fourth-order valence-electron chi connectivity index (χ4n) is 4.57. The standard InChI is InChI=1S/C29H28ClN7O3/c1-20-18-36(28(39)24-11-10-23(15-25(24)30)37-14-6-13-34-37)26-9-3-2-7-21(26)19-35(20)29(40)33-17-27(38)32-16-22-8-4-5-12-31-22/h2-15,20H,16-19H2,1H3,(H,32,38)(H,33,40)/t20-/m1/s1. The number of halogens is 1. The first-order chi connectivity index (χ1) is 19.4. The monoisotopic (exact) mass is 557 g/mol. The lowest BCUT2D eigenvalue weighted by atomic mass is 10.1. The van der Waals surface area contributed by atoms with Crippen molar-refractivity contribution in [3.8, 4) is 5.69 Å². The first-order valence-corrected chi connectivity index (χ1v) is 13.2. The molecule has 0 bridgehead atoms. The van der Waals surface area contributed by atoms with E-state index in [4.69, 9.17) is 11.6 Å². The zero-order valence-corrected chi connectivity index (χ0v) is 22.6. The van der Waals surface area contributed by atoms with Crippen LogP contribution in [0.5, 0.6) is 0 Å². The molecule has 4 amide bonds. The summed E-state index contributed by atoms with van der Waals surface area (Å²) < 4.78 is 1.67. The summed E-state index contributed by atoms with van der Waals surface area (Å²) in [6, 6.07) is 19.1. The average molecular weight is 558 g/mol. The Labute approximate surface area is 236 Å². The number of pyridine rings is 1. The molecule has 0 saturated carbocycles. The molecule has 5 rings (SSSR count). The molecule has 0 unspecified atom stereocenters. The van der Waals surface area contributed by atoms with Gasteiger partial charge >= 0.3 is 6.03 Å². The Balaban J connectivity index is 1.29. The van der Waals surface area contributed by atoms with Crippen LogP contribution in [0.2, 0.25) is 5.02 Å². The van der Waals surface area contributed by atoms with Crippen LogP contribution in [0.4, 0.5) is 10.5 Å². The van der Waals surface area contributed by atoms with E-state index in [-0.39, 0.29) is 44.0 Å². The maximum absolute atomic E-state index is 13.8. The summed E-state index contributed by atoms with van der Waals surface area (Å²) in [4.78, 5) is 46.8. The van der Waals surface area contributed by atoms with Crippen LogP contribution in [0.25, 0.3) is 5.69 Å². The maximum Gasteiger partial charge on any atom is 0.318 e. The highest BCUT2D eigenvalue weighted by atomic mass is 35.5. The van der Waals surface area contributed by atoms with Crippen molar-refractivity contribution >= 4 is 35.1 Å². The van der Waals surface area contributed by atoms with Gasteiger partial charge in [-0.3, -0.25) is 14.6 Å². The van der Waals surface area contributed by atoms with Gasteiger partial charge in [-0.05, 0) is 55.0 Å². The van der Waals surface area contributed by atoms with Crippen molar-refractivity contribution in [2.24, 2.45) is 0 Å². The van der Waals surface area contributed by atoms with Crippen LogP contribution in [0.15, 0.2) is 85.3 Å². The third-order valence-corrected chi connectivity index (χ3v) is 6.97. The molecule has 40 heavy (non-hydrogen) atoms. The lowest BCUT2D eigenvalue weighted by Crippen LogP contribution is -2.50. The number of hydrogen-bond donors (Lipinski definition) is 2. The van der Waals surface area contributed by atoms with Crippen LogP contribution < -0.4 is 15.5 Å². The minimum atomic E-state index is -0.397. The molecule has 10 nitrogen and oxygen atoms in total. The minimum Gasteiger partial charge on any atom is -0.349 e. The lowest BCUT2D eigenvalue weighted by Gasteiger charge is -2.29. The Morgan fingerprint density at radius 1 is 1.00 bits per heavy atom. The second-order valence-electron chi connectivity index (χ2n) is 9.39. The highest BCUT2D eigenvalue weighted by molar-refractivity contribution is 6.34. The van der Waals surface area contributed by atoms with Crippen LogP contribution in [-0.4, -0.2) is 56.6 Å². The number of para-hydroxylation sites is 1. The second kappa shape index (κ2) is 12.0. The molecule has 0 fully saturated rings. The first-order valence-electron chi connectivity index (χ1n) is 12.8. The Bertz CT molecular complexity index is 1510. The summed E-state index contributed by atoms with van der Waals surface area (Å²) in [5, 5.41) is 9.97. The number of carbonyl (C=O) groups is 3. The van der Waals surface area contributed by atoms with Crippen LogP contribution in [0.1, 0.15) is 28.5 Å². The molecule has 11 heteroatoms. The van der Waals surface area contributed by atoms with Gasteiger partial charge in [0.2, 0.25) is 5.91 Å². The van der Waals surface area contributed by atoms with Gasteiger partial charge in [-0.15, -0.1) is 0 Å². The Morgan fingerprint density at radius 2 is 1.82 bits per heavy atom. The van der Waals surface area contributed by atoms with E-state index in [2.05, 4.69) is 20.7 Å². The number of benzene rings is 2. The largest absolute Gasteiger partial charge is 0.349 e. The predicted molar refractivity (Wildman–Crippen MR) is 151 cm³/mol. The van der Waals surface area contributed by atoms with E-state index in [1.807, 2.05) is 43.3 Å². The SMILES string of the molecule is C[C@@H]1CN(C(=O)c2ccc(-n3cccn3)cc2Cl)c2ccccc2CN1C(=O)NCC(=O)NCc1ccccn1. The predicted octanol–water partition coefficient (Wildman–Crippen LogP) is 3.80.